The lowest BCUT2D eigenvalue weighted by Crippen LogP contribution is -2.42. The summed E-state index contributed by atoms with van der Waals surface area (Å²) >= 11 is 11.5. The summed E-state index contributed by atoms with van der Waals surface area (Å²) in [6, 6.07) is 12.4. The molecule has 2 atom stereocenters. The van der Waals surface area contributed by atoms with Gasteiger partial charge in [-0.2, -0.15) is 17.5 Å². The Bertz CT molecular complexity index is 1550. The van der Waals surface area contributed by atoms with Crippen molar-refractivity contribution in [1.29, 1.82) is 0 Å². The van der Waals surface area contributed by atoms with Crippen molar-refractivity contribution in [3.8, 4) is 0 Å². The molecule has 0 spiro atoms. The van der Waals surface area contributed by atoms with Gasteiger partial charge in [-0.05, 0) is 66.9 Å². The van der Waals surface area contributed by atoms with Crippen molar-refractivity contribution >= 4 is 44.5 Å². The standard InChI is InChI=1S/C26H20Cl2F4N2O3S/c1-14-8-15(2)10-19(9-14)38(3,36)34-24(35)17-6-4-16(5-7-17)22-13-25(37-33-22,26(30,31)32)18-11-20(27)23(29)21(28)12-18/h4-12H,13H2,1-3H3. The SMILES string of the molecule is Cc1cc(C)cc(S(C)(=O)=NC(=O)c2ccc(C3=NOC(c4cc(Cl)c(F)c(Cl)c4)(C(F)(F)F)C3)cc2)c1. The highest BCUT2D eigenvalue weighted by Crippen LogP contribution is 2.50. The smallest absolute Gasteiger partial charge is 0.374 e. The summed E-state index contributed by atoms with van der Waals surface area (Å²) < 4.78 is 73.5. The van der Waals surface area contributed by atoms with Gasteiger partial charge in [0.15, 0.2) is 5.82 Å². The summed E-state index contributed by atoms with van der Waals surface area (Å²) in [6.45, 7) is 3.68. The Hall–Kier alpha value is -2.95. The molecule has 3 aromatic carbocycles. The van der Waals surface area contributed by atoms with Crippen LogP contribution < -0.4 is 0 Å². The second kappa shape index (κ2) is 9.98. The summed E-state index contributed by atoms with van der Waals surface area (Å²) in [6.07, 6.45) is -4.34. The Labute approximate surface area is 226 Å². The van der Waals surface area contributed by atoms with Crippen LogP contribution in [0.15, 0.2) is 69.0 Å². The van der Waals surface area contributed by atoms with E-state index >= 15 is 0 Å². The minimum atomic E-state index is -4.95. The van der Waals surface area contributed by atoms with E-state index in [4.69, 9.17) is 28.0 Å². The molecule has 0 aliphatic carbocycles. The summed E-state index contributed by atoms with van der Waals surface area (Å²) in [5, 5.41) is 2.46. The minimum absolute atomic E-state index is 0.0654. The molecule has 1 amide bonds. The molecule has 5 nitrogen and oxygen atoms in total. The maximum Gasteiger partial charge on any atom is 0.435 e. The molecular weight excluding hydrogens is 567 g/mol. The zero-order valence-corrected chi connectivity index (χ0v) is 22.5. The molecule has 38 heavy (non-hydrogen) atoms. The number of alkyl halides is 3. The van der Waals surface area contributed by atoms with Gasteiger partial charge in [-0.3, -0.25) is 4.79 Å². The second-order valence-corrected chi connectivity index (χ2v) is 12.1. The number of hydrogen-bond acceptors (Lipinski definition) is 4. The Morgan fingerprint density at radius 3 is 2.11 bits per heavy atom. The fourth-order valence-electron chi connectivity index (χ4n) is 4.07. The average Bonchev–Trinajstić information content (AvgIpc) is 3.28. The molecule has 0 radical (unpaired) electrons. The molecule has 0 N–H and O–H groups in total. The van der Waals surface area contributed by atoms with Crippen molar-refractivity contribution in [3.63, 3.8) is 0 Å². The second-order valence-electron chi connectivity index (χ2n) is 8.98. The molecule has 0 aromatic heterocycles. The highest BCUT2D eigenvalue weighted by atomic mass is 35.5. The molecule has 200 valence electrons. The van der Waals surface area contributed by atoms with Crippen molar-refractivity contribution in [2.24, 2.45) is 9.52 Å². The van der Waals surface area contributed by atoms with Gasteiger partial charge in [0, 0.05) is 28.7 Å². The van der Waals surface area contributed by atoms with Gasteiger partial charge in [-0.15, -0.1) is 0 Å². The molecule has 0 fully saturated rings. The van der Waals surface area contributed by atoms with Gasteiger partial charge < -0.3 is 4.84 Å². The highest BCUT2D eigenvalue weighted by molar-refractivity contribution is 7.93. The van der Waals surface area contributed by atoms with E-state index in [1.807, 2.05) is 19.9 Å². The molecule has 12 heteroatoms. The van der Waals surface area contributed by atoms with Crippen LogP contribution in [0, 0.1) is 19.7 Å². The minimum Gasteiger partial charge on any atom is -0.374 e. The number of carbonyl (C=O) groups is 1. The van der Waals surface area contributed by atoms with Crippen LogP contribution in [0.3, 0.4) is 0 Å². The molecule has 3 aromatic rings. The lowest BCUT2D eigenvalue weighted by atomic mass is 9.86. The van der Waals surface area contributed by atoms with Crippen LogP contribution in [0.1, 0.15) is 39.0 Å². The van der Waals surface area contributed by atoms with Crippen LogP contribution >= 0.6 is 23.2 Å². The lowest BCUT2D eigenvalue weighted by molar-refractivity contribution is -0.275. The van der Waals surface area contributed by atoms with E-state index in [0.717, 1.165) is 23.3 Å². The van der Waals surface area contributed by atoms with E-state index < -0.39 is 55.3 Å². The quantitative estimate of drug-likeness (QED) is 0.233. The maximum absolute atomic E-state index is 14.2. The Morgan fingerprint density at radius 2 is 1.58 bits per heavy atom. The van der Waals surface area contributed by atoms with Gasteiger partial charge >= 0.3 is 6.18 Å². The van der Waals surface area contributed by atoms with Gasteiger partial charge in [-0.1, -0.05) is 46.6 Å². The van der Waals surface area contributed by atoms with Crippen molar-refractivity contribution in [1.82, 2.24) is 0 Å². The van der Waals surface area contributed by atoms with Gasteiger partial charge in [0.25, 0.3) is 11.5 Å². The van der Waals surface area contributed by atoms with Crippen LogP contribution in [-0.4, -0.2) is 28.3 Å². The third-order valence-electron chi connectivity index (χ3n) is 5.99. The van der Waals surface area contributed by atoms with Crippen LogP contribution in [0.5, 0.6) is 0 Å². The van der Waals surface area contributed by atoms with Crippen LogP contribution in [0.4, 0.5) is 17.6 Å². The Morgan fingerprint density at radius 1 is 1.03 bits per heavy atom. The lowest BCUT2D eigenvalue weighted by Gasteiger charge is -2.29. The molecule has 1 aliphatic rings. The molecule has 2 unspecified atom stereocenters. The molecule has 1 heterocycles. The topological polar surface area (TPSA) is 68.1 Å². The van der Waals surface area contributed by atoms with Crippen molar-refractivity contribution in [2.75, 3.05) is 6.26 Å². The normalized spacial score (nSPS) is 18.9. The van der Waals surface area contributed by atoms with Crippen LogP contribution in [0.25, 0.3) is 0 Å². The average molecular weight is 587 g/mol. The summed E-state index contributed by atoms with van der Waals surface area (Å²) in [7, 11) is -3.04. The number of rotatable bonds is 4. The predicted molar refractivity (Wildman–Crippen MR) is 138 cm³/mol. The molecule has 0 bridgehead atoms. The third kappa shape index (κ3) is 5.30. The van der Waals surface area contributed by atoms with Crippen LogP contribution in [-0.2, 0) is 20.2 Å². The van der Waals surface area contributed by atoms with Crippen molar-refractivity contribution in [3.05, 3.63) is 98.3 Å². The number of hydrogen-bond donors (Lipinski definition) is 0. The summed E-state index contributed by atoms with van der Waals surface area (Å²) in [4.78, 5) is 18.1. The Balaban J connectivity index is 1.61. The van der Waals surface area contributed by atoms with Crippen molar-refractivity contribution in [2.45, 2.75) is 36.9 Å². The fraction of sp³-hybridized carbons (Fsp3) is 0.231. The predicted octanol–water partition coefficient (Wildman–Crippen LogP) is 7.63. The first-order chi connectivity index (χ1) is 17.6. The highest BCUT2D eigenvalue weighted by Gasteiger charge is 2.62. The number of nitrogens with zero attached hydrogens (tertiary/aromatic N) is 2. The third-order valence-corrected chi connectivity index (χ3v) is 8.17. The zero-order chi connectivity index (χ0) is 28.0. The number of oxime groups is 1. The first-order valence-electron chi connectivity index (χ1n) is 11.0. The summed E-state index contributed by atoms with van der Waals surface area (Å²) in [5.74, 6) is -1.79. The van der Waals surface area contributed by atoms with E-state index in [2.05, 4.69) is 9.52 Å². The van der Waals surface area contributed by atoms with Gasteiger partial charge in [0.1, 0.15) is 0 Å². The van der Waals surface area contributed by atoms with Crippen molar-refractivity contribution < 1.29 is 31.4 Å². The molecule has 4 rings (SSSR count). The van der Waals surface area contributed by atoms with Gasteiger partial charge in [0.05, 0.1) is 25.5 Å². The van der Waals surface area contributed by atoms with Crippen LogP contribution in [0.2, 0.25) is 10.0 Å². The van der Waals surface area contributed by atoms with E-state index in [0.29, 0.717) is 4.90 Å². The molecule has 1 aliphatic heterocycles. The molecule has 0 saturated carbocycles. The van der Waals surface area contributed by atoms with E-state index in [-0.39, 0.29) is 16.8 Å². The first kappa shape index (κ1) is 28.1. The first-order valence-corrected chi connectivity index (χ1v) is 13.7. The number of amides is 1. The molecular formula is C26H20Cl2F4N2O3S. The van der Waals surface area contributed by atoms with E-state index in [9.17, 15) is 26.6 Å². The Kier molecular flexibility index (Phi) is 7.37. The maximum atomic E-state index is 14.2. The zero-order valence-electron chi connectivity index (χ0n) is 20.2. The monoisotopic (exact) mass is 586 g/mol. The fourth-order valence-corrected chi connectivity index (χ4v) is 5.89. The largest absolute Gasteiger partial charge is 0.435 e. The van der Waals surface area contributed by atoms with Gasteiger partial charge in [0.2, 0.25) is 0 Å². The summed E-state index contributed by atoms with van der Waals surface area (Å²) in [5.41, 5.74) is -1.42. The number of benzene rings is 3. The number of halogens is 6. The van der Waals surface area contributed by atoms with E-state index in [1.165, 1.54) is 30.5 Å². The van der Waals surface area contributed by atoms with Gasteiger partial charge in [-0.25, -0.2) is 8.60 Å². The van der Waals surface area contributed by atoms with E-state index in [1.54, 1.807) is 12.1 Å². The number of aryl methyl sites for hydroxylation is 2. The number of carbonyl (C=O) groups excluding carboxylic acids is 1. The molecule has 0 saturated heterocycles.